The molecule has 6 heteroatoms. The van der Waals surface area contributed by atoms with Gasteiger partial charge in [0.2, 0.25) is 5.91 Å². The standard InChI is InChI=1S/C24H44N2O4/c1-3-4-5-6-7-8-9-10-11-12-13-14-15-16-17-18-19-22(27)25-26-23(28)20-21-24(29)30-2/h20-21H,3-19H2,1-2H3,(H,25,27)(H,26,28)/b21-20-. The molecule has 0 heterocycles. The predicted octanol–water partition coefficient (Wildman–Crippen LogP) is 5.51. The van der Waals surface area contributed by atoms with Gasteiger partial charge in [-0.3, -0.25) is 20.4 Å². The van der Waals surface area contributed by atoms with Crippen molar-refractivity contribution in [2.24, 2.45) is 0 Å². The van der Waals surface area contributed by atoms with Gasteiger partial charge >= 0.3 is 5.97 Å². The number of methoxy groups -OCH3 is 1. The number of rotatable bonds is 19. The number of hydrogen-bond acceptors (Lipinski definition) is 4. The average Bonchev–Trinajstić information content (AvgIpc) is 2.75. The van der Waals surface area contributed by atoms with Crippen LogP contribution >= 0.6 is 0 Å². The third-order valence-electron chi connectivity index (χ3n) is 5.15. The zero-order valence-corrected chi connectivity index (χ0v) is 19.3. The molecule has 0 saturated heterocycles. The largest absolute Gasteiger partial charge is 0.466 e. The Morgan fingerprint density at radius 2 is 1.07 bits per heavy atom. The molecule has 0 rings (SSSR count). The Balaban J connectivity index is 3.32. The summed E-state index contributed by atoms with van der Waals surface area (Å²) < 4.78 is 4.37. The Morgan fingerprint density at radius 3 is 1.50 bits per heavy atom. The molecule has 0 aromatic carbocycles. The molecule has 2 N–H and O–H groups in total. The lowest BCUT2D eigenvalue weighted by atomic mass is 10.0. The first-order chi connectivity index (χ1) is 14.6. The van der Waals surface area contributed by atoms with Crippen LogP contribution in [-0.2, 0) is 19.1 Å². The van der Waals surface area contributed by atoms with E-state index in [-0.39, 0.29) is 5.91 Å². The highest BCUT2D eigenvalue weighted by Gasteiger charge is 2.03. The van der Waals surface area contributed by atoms with Crippen molar-refractivity contribution in [2.45, 2.75) is 116 Å². The zero-order valence-electron chi connectivity index (χ0n) is 19.3. The number of carbonyl (C=O) groups excluding carboxylic acids is 3. The van der Waals surface area contributed by atoms with Gasteiger partial charge in [0.15, 0.2) is 0 Å². The van der Waals surface area contributed by atoms with Gasteiger partial charge in [0.05, 0.1) is 7.11 Å². The van der Waals surface area contributed by atoms with Crippen LogP contribution < -0.4 is 10.9 Å². The lowest BCUT2D eigenvalue weighted by Crippen LogP contribution is -2.40. The van der Waals surface area contributed by atoms with Gasteiger partial charge < -0.3 is 4.74 Å². The van der Waals surface area contributed by atoms with Crippen molar-refractivity contribution in [1.29, 1.82) is 0 Å². The zero-order chi connectivity index (χ0) is 22.3. The van der Waals surface area contributed by atoms with Crippen LogP contribution in [0, 0.1) is 0 Å². The molecule has 0 bridgehead atoms. The molecule has 30 heavy (non-hydrogen) atoms. The molecule has 6 nitrogen and oxygen atoms in total. The lowest BCUT2D eigenvalue weighted by Gasteiger charge is -2.05. The van der Waals surface area contributed by atoms with Gasteiger partial charge in [-0.25, -0.2) is 4.79 Å². The molecule has 0 spiro atoms. The van der Waals surface area contributed by atoms with Gasteiger partial charge in [0.1, 0.15) is 0 Å². The minimum atomic E-state index is -0.621. The summed E-state index contributed by atoms with van der Waals surface area (Å²) in [7, 11) is 1.23. The van der Waals surface area contributed by atoms with Crippen LogP contribution in [0.4, 0.5) is 0 Å². The summed E-state index contributed by atoms with van der Waals surface area (Å²) in [4.78, 5) is 33.9. The number of hydrogen-bond donors (Lipinski definition) is 2. The van der Waals surface area contributed by atoms with Gasteiger partial charge in [0, 0.05) is 18.6 Å². The van der Waals surface area contributed by atoms with E-state index in [9.17, 15) is 14.4 Å². The number of amides is 2. The number of carbonyl (C=O) groups is 3. The van der Waals surface area contributed by atoms with Gasteiger partial charge in [-0.1, -0.05) is 103 Å². The molecule has 0 aromatic heterocycles. The number of hydrazine groups is 1. The highest BCUT2D eigenvalue weighted by Crippen LogP contribution is 2.13. The fourth-order valence-electron chi connectivity index (χ4n) is 3.28. The van der Waals surface area contributed by atoms with E-state index in [1.807, 2.05) is 0 Å². The van der Waals surface area contributed by atoms with Crippen LogP contribution in [-0.4, -0.2) is 24.9 Å². The maximum absolute atomic E-state index is 11.6. The Kier molecular flexibility index (Phi) is 20.5. The second-order valence-electron chi connectivity index (χ2n) is 7.95. The van der Waals surface area contributed by atoms with E-state index in [0.29, 0.717) is 6.42 Å². The predicted molar refractivity (Wildman–Crippen MR) is 122 cm³/mol. The van der Waals surface area contributed by atoms with Crippen molar-refractivity contribution >= 4 is 17.8 Å². The van der Waals surface area contributed by atoms with E-state index in [1.165, 1.54) is 90.6 Å². The molecule has 0 radical (unpaired) electrons. The first-order valence-corrected chi connectivity index (χ1v) is 11.9. The second-order valence-corrected chi connectivity index (χ2v) is 7.95. The molecule has 174 valence electrons. The minimum Gasteiger partial charge on any atom is -0.466 e. The maximum atomic E-state index is 11.6. The second kappa shape index (κ2) is 21.8. The van der Waals surface area contributed by atoms with E-state index in [0.717, 1.165) is 31.4 Å². The third kappa shape index (κ3) is 20.9. The molecule has 0 aliphatic carbocycles. The van der Waals surface area contributed by atoms with Crippen LogP contribution in [0.25, 0.3) is 0 Å². The van der Waals surface area contributed by atoms with E-state index in [4.69, 9.17) is 0 Å². The van der Waals surface area contributed by atoms with Crippen LogP contribution in [0.3, 0.4) is 0 Å². The average molecular weight is 425 g/mol. The van der Waals surface area contributed by atoms with E-state index in [2.05, 4.69) is 22.5 Å². The minimum absolute atomic E-state index is 0.222. The molecule has 0 aromatic rings. The molecular weight excluding hydrogens is 380 g/mol. The third-order valence-corrected chi connectivity index (χ3v) is 5.15. The lowest BCUT2D eigenvalue weighted by molar-refractivity contribution is -0.135. The summed E-state index contributed by atoms with van der Waals surface area (Å²) in [6.45, 7) is 2.26. The first kappa shape index (κ1) is 28.1. The molecule has 0 fully saturated rings. The summed E-state index contributed by atoms with van der Waals surface area (Å²) in [5, 5.41) is 0. The van der Waals surface area contributed by atoms with Crippen molar-refractivity contribution in [3.63, 3.8) is 0 Å². The van der Waals surface area contributed by atoms with Gasteiger partial charge in [-0.2, -0.15) is 0 Å². The molecular formula is C24H44N2O4. The number of unbranched alkanes of at least 4 members (excludes halogenated alkanes) is 15. The van der Waals surface area contributed by atoms with Crippen molar-refractivity contribution in [3.05, 3.63) is 12.2 Å². The summed E-state index contributed by atoms with van der Waals surface area (Å²) in [5.41, 5.74) is 4.57. The highest BCUT2D eigenvalue weighted by molar-refractivity contribution is 5.95. The quantitative estimate of drug-likeness (QED) is 0.124. The molecule has 0 aliphatic rings. The Bertz CT molecular complexity index is 478. The monoisotopic (exact) mass is 424 g/mol. The van der Waals surface area contributed by atoms with Crippen LogP contribution in [0.1, 0.15) is 116 Å². The fourth-order valence-corrected chi connectivity index (χ4v) is 3.28. The first-order valence-electron chi connectivity index (χ1n) is 11.9. The molecule has 0 unspecified atom stereocenters. The van der Waals surface area contributed by atoms with Crippen LogP contribution in [0.2, 0.25) is 0 Å². The van der Waals surface area contributed by atoms with Crippen molar-refractivity contribution in [3.8, 4) is 0 Å². The van der Waals surface area contributed by atoms with Crippen molar-refractivity contribution < 1.29 is 19.1 Å². The SMILES string of the molecule is CCCCCCCCCCCCCCCCCCC(=O)NNC(=O)/C=C\C(=O)OC. The molecule has 0 saturated carbocycles. The number of esters is 1. The summed E-state index contributed by atoms with van der Waals surface area (Å²) in [6, 6.07) is 0. The smallest absolute Gasteiger partial charge is 0.330 e. The van der Waals surface area contributed by atoms with Gasteiger partial charge in [0.25, 0.3) is 5.91 Å². The Labute approximate surface area is 183 Å². The fraction of sp³-hybridized carbons (Fsp3) is 0.792. The molecule has 2 amide bonds. The van der Waals surface area contributed by atoms with Crippen LogP contribution in [0.15, 0.2) is 12.2 Å². The highest BCUT2D eigenvalue weighted by atomic mass is 16.5. The van der Waals surface area contributed by atoms with E-state index in [1.54, 1.807) is 0 Å². The van der Waals surface area contributed by atoms with Crippen LogP contribution in [0.5, 0.6) is 0 Å². The topological polar surface area (TPSA) is 84.5 Å². The van der Waals surface area contributed by atoms with E-state index < -0.39 is 11.9 Å². The molecule has 0 atom stereocenters. The molecule has 0 aliphatic heterocycles. The Morgan fingerprint density at radius 1 is 0.633 bits per heavy atom. The van der Waals surface area contributed by atoms with Gasteiger partial charge in [-0.15, -0.1) is 0 Å². The number of ether oxygens (including phenoxy) is 1. The normalized spacial score (nSPS) is 10.9. The van der Waals surface area contributed by atoms with Gasteiger partial charge in [-0.05, 0) is 6.42 Å². The van der Waals surface area contributed by atoms with Crippen molar-refractivity contribution in [1.82, 2.24) is 10.9 Å². The summed E-state index contributed by atoms with van der Waals surface area (Å²) in [5.74, 6) is -1.41. The number of nitrogens with one attached hydrogen (secondary N) is 2. The Hall–Kier alpha value is -1.85. The summed E-state index contributed by atoms with van der Waals surface area (Å²) in [6.07, 6.45) is 23.1. The van der Waals surface area contributed by atoms with Crippen molar-refractivity contribution in [2.75, 3.05) is 7.11 Å². The summed E-state index contributed by atoms with van der Waals surface area (Å²) >= 11 is 0. The maximum Gasteiger partial charge on any atom is 0.330 e. The van der Waals surface area contributed by atoms with E-state index >= 15 is 0 Å².